The van der Waals surface area contributed by atoms with Gasteiger partial charge in [-0.15, -0.1) is 0 Å². The molecule has 0 radical (unpaired) electrons. The standard InChI is InChI=1S/C24H19FN/c25-20-16-18-24(19-17-20)26(21-10-4-1-5-11-21,22-12-6-2-7-13-22)23-14-8-3-9-15-23/h1-19H/q+1/i25-1. The average molecular weight is 339 g/mol. The highest BCUT2D eigenvalue weighted by atomic mass is 18.2. The molecule has 0 aliphatic rings. The van der Waals surface area contributed by atoms with E-state index in [0.717, 1.165) is 22.7 Å². The molecule has 4 rings (SSSR count). The second kappa shape index (κ2) is 6.95. The summed E-state index contributed by atoms with van der Waals surface area (Å²) >= 11 is 0. The maximum atomic E-state index is 13.7. The Bertz CT molecular complexity index is 868. The lowest BCUT2D eigenvalue weighted by atomic mass is 10.1. The van der Waals surface area contributed by atoms with Crippen LogP contribution in [0.2, 0.25) is 0 Å². The van der Waals surface area contributed by atoms with Gasteiger partial charge in [0.1, 0.15) is 28.6 Å². The van der Waals surface area contributed by atoms with E-state index in [1.54, 1.807) is 0 Å². The van der Waals surface area contributed by atoms with E-state index < -0.39 is 0 Å². The van der Waals surface area contributed by atoms with Crippen molar-refractivity contribution < 1.29 is 4.39 Å². The van der Waals surface area contributed by atoms with Gasteiger partial charge in [0.25, 0.3) is 0 Å². The molecular weight excluding hydrogens is 320 g/mol. The zero-order valence-electron chi connectivity index (χ0n) is 14.3. The third-order valence-electron chi connectivity index (χ3n) is 4.64. The third kappa shape index (κ3) is 2.71. The van der Waals surface area contributed by atoms with Crippen molar-refractivity contribution in [2.24, 2.45) is 0 Å². The van der Waals surface area contributed by atoms with Crippen molar-refractivity contribution in [3.63, 3.8) is 0 Å². The van der Waals surface area contributed by atoms with Gasteiger partial charge in [-0.25, -0.2) is 4.39 Å². The summed E-state index contributed by atoms with van der Waals surface area (Å²) in [7, 11) is 0. The number of nitrogens with zero attached hydrogens (tertiary/aromatic N) is 1. The number of benzene rings is 4. The lowest BCUT2D eigenvalue weighted by Gasteiger charge is -2.37. The summed E-state index contributed by atoms with van der Waals surface area (Å²) < 4.78 is 14.1. The smallest absolute Gasteiger partial charge is 0.148 e. The predicted octanol–water partition coefficient (Wildman–Crippen LogP) is 7.13. The molecule has 0 heterocycles. The molecule has 0 amide bonds. The van der Waals surface area contributed by atoms with Crippen LogP contribution >= 0.6 is 0 Å². The molecule has 0 saturated carbocycles. The molecule has 126 valence electrons. The zero-order chi connectivity index (χ0) is 17.8. The van der Waals surface area contributed by atoms with Crippen molar-refractivity contribution in [2.75, 3.05) is 0 Å². The fourth-order valence-electron chi connectivity index (χ4n) is 3.51. The van der Waals surface area contributed by atoms with Crippen molar-refractivity contribution >= 4 is 22.7 Å². The van der Waals surface area contributed by atoms with Gasteiger partial charge in [-0.2, -0.15) is 4.48 Å². The molecule has 0 aliphatic heterocycles. The van der Waals surface area contributed by atoms with Crippen molar-refractivity contribution in [1.82, 2.24) is 4.48 Å². The Morgan fingerprint density at radius 3 is 1.04 bits per heavy atom. The van der Waals surface area contributed by atoms with Gasteiger partial charge in [0.05, 0.1) is 0 Å². The number of hydrogen-bond donors (Lipinski definition) is 0. The van der Waals surface area contributed by atoms with Crippen molar-refractivity contribution in [2.45, 2.75) is 0 Å². The fourth-order valence-corrected chi connectivity index (χ4v) is 3.51. The van der Waals surface area contributed by atoms with Crippen LogP contribution in [0.5, 0.6) is 0 Å². The van der Waals surface area contributed by atoms with Crippen LogP contribution in [0.15, 0.2) is 115 Å². The summed E-state index contributed by atoms with van der Waals surface area (Å²) in [6.07, 6.45) is 0. The van der Waals surface area contributed by atoms with E-state index in [2.05, 4.69) is 36.4 Å². The topological polar surface area (TPSA) is 0 Å². The lowest BCUT2D eigenvalue weighted by Crippen LogP contribution is -2.33. The number of quaternary nitrogens is 1. The Morgan fingerprint density at radius 2 is 0.692 bits per heavy atom. The molecule has 0 aliphatic carbocycles. The Morgan fingerprint density at radius 1 is 0.385 bits per heavy atom. The second-order valence-electron chi connectivity index (χ2n) is 6.15. The molecule has 0 spiro atoms. The monoisotopic (exact) mass is 339 g/mol. The minimum absolute atomic E-state index is 0.235. The molecule has 1 nitrogen and oxygen atoms in total. The highest BCUT2D eigenvalue weighted by Gasteiger charge is 2.38. The average Bonchev–Trinajstić information content (AvgIpc) is 2.72. The van der Waals surface area contributed by atoms with Crippen LogP contribution in [-0.2, 0) is 0 Å². The first kappa shape index (κ1) is 16.2. The van der Waals surface area contributed by atoms with Gasteiger partial charge >= 0.3 is 0 Å². The molecule has 0 saturated heterocycles. The normalized spacial score (nSPS) is 11.3. The second-order valence-corrected chi connectivity index (χ2v) is 6.15. The van der Waals surface area contributed by atoms with E-state index in [1.807, 2.05) is 66.7 Å². The van der Waals surface area contributed by atoms with E-state index in [0.29, 0.717) is 4.48 Å². The van der Waals surface area contributed by atoms with Crippen LogP contribution in [0.25, 0.3) is 0 Å². The zero-order valence-corrected chi connectivity index (χ0v) is 14.3. The van der Waals surface area contributed by atoms with Gasteiger partial charge in [-0.05, 0) is 12.1 Å². The van der Waals surface area contributed by atoms with Crippen molar-refractivity contribution in [3.05, 3.63) is 121 Å². The Hall–Kier alpha value is -3.23. The summed E-state index contributed by atoms with van der Waals surface area (Å²) in [5.41, 5.74) is 4.26. The molecular formula is C24H19FN+. The molecule has 4 aromatic carbocycles. The first-order chi connectivity index (χ1) is 12.8. The molecule has 0 atom stereocenters. The largest absolute Gasteiger partial charge is 0.207 e. The van der Waals surface area contributed by atoms with Crippen molar-refractivity contribution in [1.29, 1.82) is 0 Å². The number of rotatable bonds is 4. The Balaban J connectivity index is 2.12. The van der Waals surface area contributed by atoms with Crippen molar-refractivity contribution in [3.8, 4) is 0 Å². The Kier molecular flexibility index (Phi) is 4.34. The number of para-hydroxylation sites is 3. The quantitative estimate of drug-likeness (QED) is 0.347. The first-order valence-corrected chi connectivity index (χ1v) is 8.64. The van der Waals surface area contributed by atoms with Gasteiger partial charge in [-0.1, -0.05) is 54.6 Å². The summed E-state index contributed by atoms with van der Waals surface area (Å²) in [5, 5.41) is 0. The minimum atomic E-state index is -0.235. The minimum Gasteiger partial charge on any atom is -0.207 e. The van der Waals surface area contributed by atoms with Gasteiger partial charge < -0.3 is 0 Å². The lowest BCUT2D eigenvalue weighted by molar-refractivity contribution is 0.624. The van der Waals surface area contributed by atoms with Crippen LogP contribution in [0, 0.1) is 5.82 Å². The molecule has 0 aromatic heterocycles. The maximum Gasteiger partial charge on any atom is 0.148 e. The molecule has 26 heavy (non-hydrogen) atoms. The van der Waals surface area contributed by atoms with Crippen LogP contribution < -0.4 is 4.48 Å². The van der Waals surface area contributed by atoms with Crippen LogP contribution in [-0.4, -0.2) is 0 Å². The molecule has 2 heteroatoms. The number of hydrogen-bond acceptors (Lipinski definition) is 0. The summed E-state index contributed by atoms with van der Waals surface area (Å²) in [5.74, 6) is -0.235. The van der Waals surface area contributed by atoms with E-state index in [-0.39, 0.29) is 5.82 Å². The maximum absolute atomic E-state index is 13.7. The van der Waals surface area contributed by atoms with Crippen LogP contribution in [0.1, 0.15) is 0 Å². The van der Waals surface area contributed by atoms with Gasteiger partial charge in [0.2, 0.25) is 0 Å². The highest BCUT2D eigenvalue weighted by molar-refractivity contribution is 5.81. The molecule has 0 unspecified atom stereocenters. The molecule has 4 aromatic rings. The van der Waals surface area contributed by atoms with Gasteiger partial charge in [0, 0.05) is 48.5 Å². The summed E-state index contributed by atoms with van der Waals surface area (Å²) in [6, 6.07) is 37.7. The van der Waals surface area contributed by atoms with Gasteiger partial charge in [-0.3, -0.25) is 0 Å². The molecule has 0 bridgehead atoms. The SMILES string of the molecule is [18F]c1ccc([N+](c2ccccc2)(c2ccccc2)c2ccccc2)cc1. The van der Waals surface area contributed by atoms with Crippen LogP contribution in [0.4, 0.5) is 27.1 Å². The van der Waals surface area contributed by atoms with Crippen LogP contribution in [0.3, 0.4) is 0 Å². The molecule has 0 N–H and O–H groups in total. The number of halogens is 1. The predicted molar refractivity (Wildman–Crippen MR) is 107 cm³/mol. The van der Waals surface area contributed by atoms with E-state index in [9.17, 15) is 4.39 Å². The first-order valence-electron chi connectivity index (χ1n) is 8.64. The fraction of sp³-hybridized carbons (Fsp3) is 0. The third-order valence-corrected chi connectivity index (χ3v) is 4.64. The van der Waals surface area contributed by atoms with E-state index >= 15 is 0 Å². The van der Waals surface area contributed by atoms with Gasteiger partial charge in [0.15, 0.2) is 0 Å². The van der Waals surface area contributed by atoms with E-state index in [4.69, 9.17) is 0 Å². The summed E-state index contributed by atoms with van der Waals surface area (Å²) in [4.78, 5) is 0. The highest BCUT2D eigenvalue weighted by Crippen LogP contribution is 2.50. The van der Waals surface area contributed by atoms with E-state index in [1.165, 1.54) is 12.1 Å². The summed E-state index contributed by atoms with van der Waals surface area (Å²) in [6.45, 7) is 0. The Labute approximate surface area is 153 Å². The molecule has 0 fully saturated rings.